The molecule has 0 fully saturated rings. The fourth-order valence-electron chi connectivity index (χ4n) is 1.91. The first-order valence-corrected chi connectivity index (χ1v) is 6.40. The van der Waals surface area contributed by atoms with E-state index in [0.29, 0.717) is 22.8 Å². The number of aromatic nitrogens is 1. The average Bonchev–Trinajstić information content (AvgIpc) is 2.87. The molecule has 0 saturated carbocycles. The largest absolute Gasteiger partial charge is 0.492 e. The average molecular weight is 342 g/mol. The fraction of sp³-hybridized carbons (Fsp3) is 0.231. The summed E-state index contributed by atoms with van der Waals surface area (Å²) in [5.41, 5.74) is 1.28. The molecule has 1 aromatic carbocycles. The Morgan fingerprint density at radius 3 is 2.45 bits per heavy atom. The quantitative estimate of drug-likeness (QED) is 0.919. The van der Waals surface area contributed by atoms with Crippen LogP contribution >= 0.6 is 15.9 Å². The molecule has 7 heteroatoms. The van der Waals surface area contributed by atoms with E-state index in [2.05, 4.69) is 21.1 Å². The Morgan fingerprint density at radius 2 is 1.95 bits per heavy atom. The van der Waals surface area contributed by atoms with Crippen molar-refractivity contribution < 1.29 is 23.9 Å². The highest BCUT2D eigenvalue weighted by Gasteiger charge is 2.22. The van der Waals surface area contributed by atoms with Crippen LogP contribution in [-0.2, 0) is 0 Å². The SMILES string of the molecule is COc1c(Br)cc(C)c(-c2cc(C(=O)O)no2)c1OC. The molecule has 2 rings (SSSR count). The van der Waals surface area contributed by atoms with Gasteiger partial charge in [0.2, 0.25) is 0 Å². The second kappa shape index (κ2) is 5.54. The lowest BCUT2D eigenvalue weighted by Gasteiger charge is -2.15. The molecule has 1 aromatic heterocycles. The lowest BCUT2D eigenvalue weighted by atomic mass is 10.0. The Kier molecular flexibility index (Phi) is 3.99. The van der Waals surface area contributed by atoms with Gasteiger partial charge in [0.15, 0.2) is 23.0 Å². The van der Waals surface area contributed by atoms with E-state index < -0.39 is 5.97 Å². The highest BCUT2D eigenvalue weighted by Crippen LogP contribution is 2.45. The number of rotatable bonds is 4. The maximum atomic E-state index is 10.9. The maximum absolute atomic E-state index is 10.9. The summed E-state index contributed by atoms with van der Waals surface area (Å²) in [4.78, 5) is 10.9. The first kappa shape index (κ1) is 14.4. The minimum atomic E-state index is -1.15. The number of carboxylic acids is 1. The number of ether oxygens (including phenoxy) is 2. The van der Waals surface area contributed by atoms with Crippen molar-refractivity contribution in [2.45, 2.75) is 6.92 Å². The monoisotopic (exact) mass is 341 g/mol. The van der Waals surface area contributed by atoms with E-state index in [1.807, 2.05) is 13.0 Å². The number of hydrogen-bond acceptors (Lipinski definition) is 5. The zero-order valence-corrected chi connectivity index (χ0v) is 12.6. The van der Waals surface area contributed by atoms with E-state index >= 15 is 0 Å². The van der Waals surface area contributed by atoms with Gasteiger partial charge in [-0.2, -0.15) is 0 Å². The standard InChI is InChI=1S/C13H12BrNO5/c1-6-4-7(14)11(18-2)12(19-3)10(6)9-5-8(13(16)17)15-20-9/h4-5H,1-3H3,(H,16,17). The Morgan fingerprint density at radius 1 is 1.30 bits per heavy atom. The van der Waals surface area contributed by atoms with Crippen LogP contribution in [0.3, 0.4) is 0 Å². The van der Waals surface area contributed by atoms with Gasteiger partial charge in [0.25, 0.3) is 0 Å². The van der Waals surface area contributed by atoms with Crippen LogP contribution in [0.2, 0.25) is 0 Å². The summed E-state index contributed by atoms with van der Waals surface area (Å²) in [6, 6.07) is 3.18. The fourth-order valence-corrected chi connectivity index (χ4v) is 2.60. The zero-order chi connectivity index (χ0) is 14.9. The van der Waals surface area contributed by atoms with Crippen molar-refractivity contribution >= 4 is 21.9 Å². The van der Waals surface area contributed by atoms with Gasteiger partial charge >= 0.3 is 5.97 Å². The third-order valence-corrected chi connectivity index (χ3v) is 3.36. The third-order valence-electron chi connectivity index (χ3n) is 2.77. The molecule has 0 unspecified atom stereocenters. The van der Waals surface area contributed by atoms with E-state index in [-0.39, 0.29) is 5.69 Å². The van der Waals surface area contributed by atoms with E-state index in [4.69, 9.17) is 19.1 Å². The van der Waals surface area contributed by atoms with Gasteiger partial charge in [0.05, 0.1) is 24.3 Å². The van der Waals surface area contributed by atoms with Crippen LogP contribution in [0.1, 0.15) is 16.1 Å². The lowest BCUT2D eigenvalue weighted by Crippen LogP contribution is -1.97. The number of nitrogens with zero attached hydrogens (tertiary/aromatic N) is 1. The molecule has 0 bridgehead atoms. The number of hydrogen-bond donors (Lipinski definition) is 1. The van der Waals surface area contributed by atoms with Crippen LogP contribution in [0.25, 0.3) is 11.3 Å². The number of aromatic carboxylic acids is 1. The van der Waals surface area contributed by atoms with Gasteiger partial charge < -0.3 is 19.1 Å². The van der Waals surface area contributed by atoms with Gasteiger partial charge in [0.1, 0.15) is 0 Å². The topological polar surface area (TPSA) is 81.8 Å². The first-order valence-electron chi connectivity index (χ1n) is 5.61. The molecule has 0 radical (unpaired) electrons. The predicted octanol–water partition coefficient (Wildman–Crippen LogP) is 3.13. The summed E-state index contributed by atoms with van der Waals surface area (Å²) in [7, 11) is 3.02. The van der Waals surface area contributed by atoms with Crippen molar-refractivity contribution in [2.24, 2.45) is 0 Å². The molecular formula is C13H12BrNO5. The number of methoxy groups -OCH3 is 2. The van der Waals surface area contributed by atoms with Crippen LogP contribution in [0.15, 0.2) is 21.1 Å². The Labute approximate surface area is 123 Å². The summed E-state index contributed by atoms with van der Waals surface area (Å²) in [6.07, 6.45) is 0. The molecule has 0 saturated heterocycles. The van der Waals surface area contributed by atoms with Crippen molar-refractivity contribution in [1.82, 2.24) is 5.16 Å². The van der Waals surface area contributed by atoms with E-state index in [1.165, 1.54) is 20.3 Å². The van der Waals surface area contributed by atoms with Gasteiger partial charge in [-0.25, -0.2) is 4.79 Å². The van der Waals surface area contributed by atoms with Crippen molar-refractivity contribution in [1.29, 1.82) is 0 Å². The molecule has 2 aromatic rings. The van der Waals surface area contributed by atoms with Crippen LogP contribution in [0.5, 0.6) is 11.5 Å². The molecule has 1 N–H and O–H groups in total. The molecule has 0 aliphatic rings. The number of benzene rings is 1. The Bertz CT molecular complexity index is 665. The highest BCUT2D eigenvalue weighted by atomic mass is 79.9. The molecular weight excluding hydrogens is 330 g/mol. The predicted molar refractivity (Wildman–Crippen MR) is 74.4 cm³/mol. The molecule has 0 amide bonds. The van der Waals surface area contributed by atoms with Crippen LogP contribution in [0.4, 0.5) is 0 Å². The maximum Gasteiger partial charge on any atom is 0.358 e. The smallest absolute Gasteiger partial charge is 0.358 e. The van der Waals surface area contributed by atoms with Gasteiger partial charge in [0, 0.05) is 6.07 Å². The summed E-state index contributed by atoms with van der Waals surface area (Å²) >= 11 is 3.39. The van der Waals surface area contributed by atoms with Gasteiger partial charge in [-0.05, 0) is 34.5 Å². The van der Waals surface area contributed by atoms with E-state index in [9.17, 15) is 4.79 Å². The van der Waals surface area contributed by atoms with Crippen molar-refractivity contribution in [2.75, 3.05) is 14.2 Å². The highest BCUT2D eigenvalue weighted by molar-refractivity contribution is 9.10. The molecule has 0 aliphatic carbocycles. The van der Waals surface area contributed by atoms with E-state index in [0.717, 1.165) is 10.0 Å². The van der Waals surface area contributed by atoms with Crippen molar-refractivity contribution in [3.05, 3.63) is 27.9 Å². The normalized spacial score (nSPS) is 10.4. The molecule has 0 aliphatic heterocycles. The number of aryl methyl sites for hydroxylation is 1. The first-order chi connectivity index (χ1) is 9.49. The number of carbonyl (C=O) groups is 1. The van der Waals surface area contributed by atoms with Crippen LogP contribution in [0, 0.1) is 6.92 Å². The minimum absolute atomic E-state index is 0.164. The summed E-state index contributed by atoms with van der Waals surface area (Å²) in [6.45, 7) is 1.85. The molecule has 6 nitrogen and oxygen atoms in total. The van der Waals surface area contributed by atoms with Gasteiger partial charge in [-0.1, -0.05) is 5.16 Å². The second-order valence-corrected chi connectivity index (χ2v) is 4.85. The zero-order valence-electron chi connectivity index (χ0n) is 11.1. The molecule has 20 heavy (non-hydrogen) atoms. The third kappa shape index (κ3) is 2.36. The second-order valence-electron chi connectivity index (χ2n) is 4.00. The molecule has 0 atom stereocenters. The Hall–Kier alpha value is -2.02. The van der Waals surface area contributed by atoms with Crippen molar-refractivity contribution in [3.63, 3.8) is 0 Å². The minimum Gasteiger partial charge on any atom is -0.492 e. The van der Waals surface area contributed by atoms with Crippen molar-refractivity contribution in [3.8, 4) is 22.8 Å². The molecule has 1 heterocycles. The van der Waals surface area contributed by atoms with Crippen LogP contribution < -0.4 is 9.47 Å². The summed E-state index contributed by atoms with van der Waals surface area (Å²) in [5, 5.41) is 12.4. The molecule has 0 spiro atoms. The lowest BCUT2D eigenvalue weighted by molar-refractivity contribution is 0.0686. The van der Waals surface area contributed by atoms with Crippen LogP contribution in [-0.4, -0.2) is 30.5 Å². The summed E-state index contributed by atoms with van der Waals surface area (Å²) < 4.78 is 16.5. The van der Waals surface area contributed by atoms with E-state index in [1.54, 1.807) is 0 Å². The number of carboxylic acid groups (broad SMARTS) is 1. The molecule has 106 valence electrons. The summed E-state index contributed by atoms with van der Waals surface area (Å²) in [5.74, 6) is 0.108. The number of halogens is 1. The Balaban J connectivity index is 2.68. The van der Waals surface area contributed by atoms with Gasteiger partial charge in [-0.15, -0.1) is 0 Å². The van der Waals surface area contributed by atoms with Gasteiger partial charge in [-0.3, -0.25) is 0 Å².